The van der Waals surface area contributed by atoms with Crippen molar-refractivity contribution in [2.75, 3.05) is 27.7 Å². The third-order valence-electron chi connectivity index (χ3n) is 4.50. The number of aliphatic imine (C=N–C) groups is 1. The minimum absolute atomic E-state index is 0.00421. The Hall–Kier alpha value is -3.02. The van der Waals surface area contributed by atoms with Gasteiger partial charge in [0.15, 0.2) is 5.96 Å². The number of hydrogen-bond acceptors (Lipinski definition) is 3. The van der Waals surface area contributed by atoms with Gasteiger partial charge in [-0.3, -0.25) is 9.79 Å². The van der Waals surface area contributed by atoms with Gasteiger partial charge in [-0.05, 0) is 29.3 Å². The molecule has 1 amide bonds. The van der Waals surface area contributed by atoms with Gasteiger partial charge in [0.25, 0.3) is 5.91 Å². The van der Waals surface area contributed by atoms with Crippen molar-refractivity contribution in [3.8, 4) is 5.75 Å². The fourth-order valence-corrected chi connectivity index (χ4v) is 3.01. The van der Waals surface area contributed by atoms with Crippen LogP contribution < -0.4 is 15.4 Å². The lowest BCUT2D eigenvalue weighted by atomic mass is 10.1. The Morgan fingerprint density at radius 3 is 2.56 bits per heavy atom. The third-order valence-corrected chi connectivity index (χ3v) is 4.50. The van der Waals surface area contributed by atoms with Crippen molar-refractivity contribution in [3.63, 3.8) is 0 Å². The lowest BCUT2D eigenvalue weighted by molar-refractivity contribution is 0.0827. The zero-order valence-corrected chi connectivity index (χ0v) is 16.0. The number of rotatable bonds is 5. The first-order valence-electron chi connectivity index (χ1n) is 9.06. The number of nitrogens with zero attached hydrogens (tertiary/aromatic N) is 2. The van der Waals surface area contributed by atoms with Crippen molar-refractivity contribution < 1.29 is 9.53 Å². The van der Waals surface area contributed by atoms with E-state index in [1.54, 1.807) is 26.0 Å². The number of carbonyl (C=O) groups excluding carboxylic acids is 1. The van der Waals surface area contributed by atoms with Crippen molar-refractivity contribution in [1.82, 2.24) is 15.5 Å². The van der Waals surface area contributed by atoms with E-state index in [0.717, 1.165) is 23.7 Å². The highest BCUT2D eigenvalue weighted by Gasteiger charge is 2.22. The number of hydrogen-bond donors (Lipinski definition) is 2. The molecule has 0 bridgehead atoms. The number of carbonyl (C=O) groups is 1. The van der Waals surface area contributed by atoms with E-state index in [1.165, 1.54) is 5.56 Å². The first-order valence-corrected chi connectivity index (χ1v) is 9.06. The smallest absolute Gasteiger partial charge is 0.253 e. The molecule has 2 aromatic carbocycles. The monoisotopic (exact) mass is 366 g/mol. The maximum atomic E-state index is 11.9. The van der Waals surface area contributed by atoms with Crippen LogP contribution in [-0.4, -0.2) is 50.6 Å². The molecule has 0 fully saturated rings. The summed E-state index contributed by atoms with van der Waals surface area (Å²) in [6.45, 7) is 1.31. The van der Waals surface area contributed by atoms with Crippen molar-refractivity contribution in [1.29, 1.82) is 0 Å². The molecule has 1 atom stereocenters. The van der Waals surface area contributed by atoms with Gasteiger partial charge in [-0.15, -0.1) is 0 Å². The summed E-state index contributed by atoms with van der Waals surface area (Å²) >= 11 is 0. The number of guanidine groups is 1. The van der Waals surface area contributed by atoms with Gasteiger partial charge in [0, 0.05) is 39.7 Å². The van der Waals surface area contributed by atoms with E-state index in [9.17, 15) is 4.79 Å². The van der Waals surface area contributed by atoms with E-state index < -0.39 is 0 Å². The standard InChI is InChI=1S/C21H26N4O2/c1-22-21(24-14-18-12-17-6-4-5-7-19(17)27-18)23-13-15-8-10-16(11-9-15)20(26)25(2)3/h4-11,18H,12-14H2,1-3H3,(H2,22,23,24). The summed E-state index contributed by atoms with van der Waals surface area (Å²) in [7, 11) is 5.25. The second-order valence-electron chi connectivity index (χ2n) is 6.75. The van der Waals surface area contributed by atoms with Crippen molar-refractivity contribution in [2.45, 2.75) is 19.1 Å². The van der Waals surface area contributed by atoms with Crippen LogP contribution in [0.1, 0.15) is 21.5 Å². The molecular weight excluding hydrogens is 340 g/mol. The minimum atomic E-state index is 0.00421. The maximum Gasteiger partial charge on any atom is 0.253 e. The Kier molecular flexibility index (Phi) is 5.96. The molecule has 0 saturated heterocycles. The Labute approximate surface area is 160 Å². The lowest BCUT2D eigenvalue weighted by Gasteiger charge is -2.16. The summed E-state index contributed by atoms with van der Waals surface area (Å²) in [4.78, 5) is 17.8. The predicted molar refractivity (Wildman–Crippen MR) is 107 cm³/mol. The Morgan fingerprint density at radius 2 is 1.89 bits per heavy atom. The summed E-state index contributed by atoms with van der Waals surface area (Å²) in [6, 6.07) is 15.7. The third kappa shape index (κ3) is 4.78. The number of fused-ring (bicyclic) bond motifs is 1. The molecule has 142 valence electrons. The predicted octanol–water partition coefficient (Wildman–Crippen LogP) is 2.06. The van der Waals surface area contributed by atoms with Gasteiger partial charge in [-0.1, -0.05) is 30.3 Å². The zero-order chi connectivity index (χ0) is 19.2. The highest BCUT2D eigenvalue weighted by Crippen LogP contribution is 2.27. The highest BCUT2D eigenvalue weighted by atomic mass is 16.5. The van der Waals surface area contributed by atoms with Crippen LogP contribution in [0.25, 0.3) is 0 Å². The second kappa shape index (κ2) is 8.58. The number of benzene rings is 2. The van der Waals surface area contributed by atoms with E-state index in [-0.39, 0.29) is 12.0 Å². The largest absolute Gasteiger partial charge is 0.488 e. The van der Waals surface area contributed by atoms with E-state index in [2.05, 4.69) is 21.7 Å². The summed E-state index contributed by atoms with van der Waals surface area (Å²) in [6.07, 6.45) is 1.01. The van der Waals surface area contributed by atoms with Gasteiger partial charge >= 0.3 is 0 Å². The average molecular weight is 366 g/mol. The second-order valence-corrected chi connectivity index (χ2v) is 6.75. The van der Waals surface area contributed by atoms with E-state index >= 15 is 0 Å². The van der Waals surface area contributed by atoms with Crippen molar-refractivity contribution in [2.24, 2.45) is 4.99 Å². The van der Waals surface area contributed by atoms with Gasteiger partial charge < -0.3 is 20.3 Å². The maximum absolute atomic E-state index is 11.9. The average Bonchev–Trinajstić information content (AvgIpc) is 3.11. The molecule has 0 aromatic heterocycles. The molecule has 0 saturated carbocycles. The molecule has 0 spiro atoms. The molecule has 1 aliphatic rings. The molecule has 6 nitrogen and oxygen atoms in total. The molecule has 1 heterocycles. The van der Waals surface area contributed by atoms with Crippen LogP contribution in [0.4, 0.5) is 0 Å². The van der Waals surface area contributed by atoms with Crippen molar-refractivity contribution in [3.05, 3.63) is 65.2 Å². The van der Waals surface area contributed by atoms with Crippen LogP contribution in [-0.2, 0) is 13.0 Å². The van der Waals surface area contributed by atoms with Crippen LogP contribution in [0, 0.1) is 0 Å². The topological polar surface area (TPSA) is 66.0 Å². The van der Waals surface area contributed by atoms with Gasteiger partial charge in [-0.2, -0.15) is 0 Å². The first-order chi connectivity index (χ1) is 13.1. The summed E-state index contributed by atoms with van der Waals surface area (Å²) < 4.78 is 5.94. The molecule has 2 N–H and O–H groups in total. The normalized spacial score (nSPS) is 15.7. The number of amides is 1. The molecule has 1 unspecified atom stereocenters. The van der Waals surface area contributed by atoms with E-state index in [4.69, 9.17) is 4.74 Å². The van der Waals surface area contributed by atoms with Gasteiger partial charge in [0.2, 0.25) is 0 Å². The Balaban J connectivity index is 1.46. The van der Waals surface area contributed by atoms with Crippen LogP contribution in [0.5, 0.6) is 5.75 Å². The SMILES string of the molecule is CN=C(NCc1ccc(C(=O)N(C)C)cc1)NCC1Cc2ccccc2O1. The summed E-state index contributed by atoms with van der Waals surface area (Å²) in [5.41, 5.74) is 3.02. The van der Waals surface area contributed by atoms with Gasteiger partial charge in [0.1, 0.15) is 11.9 Å². The number of nitrogens with one attached hydrogen (secondary N) is 2. The van der Waals surface area contributed by atoms with Gasteiger partial charge in [0.05, 0.1) is 6.54 Å². The Morgan fingerprint density at radius 1 is 1.15 bits per heavy atom. The fourth-order valence-electron chi connectivity index (χ4n) is 3.01. The van der Waals surface area contributed by atoms with Crippen LogP contribution >= 0.6 is 0 Å². The molecule has 27 heavy (non-hydrogen) atoms. The molecule has 3 rings (SSSR count). The molecule has 1 aliphatic heterocycles. The number of ether oxygens (including phenoxy) is 1. The van der Waals surface area contributed by atoms with E-state index in [1.807, 2.05) is 42.5 Å². The summed E-state index contributed by atoms with van der Waals surface area (Å²) in [5.74, 6) is 1.70. The van der Waals surface area contributed by atoms with Crippen LogP contribution in [0.3, 0.4) is 0 Å². The molecule has 0 radical (unpaired) electrons. The molecule has 2 aromatic rings. The minimum Gasteiger partial charge on any atom is -0.488 e. The van der Waals surface area contributed by atoms with Crippen LogP contribution in [0.15, 0.2) is 53.5 Å². The van der Waals surface area contributed by atoms with Gasteiger partial charge in [-0.25, -0.2) is 0 Å². The zero-order valence-electron chi connectivity index (χ0n) is 16.0. The fraction of sp³-hybridized carbons (Fsp3) is 0.333. The Bertz CT molecular complexity index is 790. The van der Waals surface area contributed by atoms with E-state index in [0.29, 0.717) is 18.7 Å². The quantitative estimate of drug-likeness (QED) is 0.628. The van der Waals surface area contributed by atoms with Crippen molar-refractivity contribution >= 4 is 11.9 Å². The molecule has 6 heteroatoms. The molecular formula is C21H26N4O2. The lowest BCUT2D eigenvalue weighted by Crippen LogP contribution is -2.41. The summed E-state index contributed by atoms with van der Waals surface area (Å²) in [5, 5.41) is 6.60. The number of para-hydroxylation sites is 1. The first kappa shape index (κ1) is 18.8. The highest BCUT2D eigenvalue weighted by molar-refractivity contribution is 5.93. The van der Waals surface area contributed by atoms with Crippen LogP contribution in [0.2, 0.25) is 0 Å². The molecule has 0 aliphatic carbocycles.